The third kappa shape index (κ3) is 5.93. The van der Waals surface area contributed by atoms with Crippen molar-refractivity contribution < 1.29 is 19.5 Å². The normalized spacial score (nSPS) is 19.6. The van der Waals surface area contributed by atoms with Crippen LogP contribution in [0.25, 0.3) is 16.7 Å². The summed E-state index contributed by atoms with van der Waals surface area (Å²) < 4.78 is 0. The van der Waals surface area contributed by atoms with Gasteiger partial charge >= 0.3 is 6.09 Å². The summed E-state index contributed by atoms with van der Waals surface area (Å²) in [7, 11) is 0. The molecule has 0 saturated carbocycles. The molecule has 2 bridgehead atoms. The number of nitrogens with zero attached hydrogens (tertiary/aromatic N) is 3. The summed E-state index contributed by atoms with van der Waals surface area (Å²) in [5, 5.41) is 15.0. The van der Waals surface area contributed by atoms with Crippen LogP contribution in [-0.4, -0.2) is 44.4 Å². The number of carbonyl (C=O) groups is 3. The summed E-state index contributed by atoms with van der Waals surface area (Å²) in [6.45, 7) is 2.39. The van der Waals surface area contributed by atoms with Gasteiger partial charge in [0.15, 0.2) is 0 Å². The maximum atomic E-state index is 13.4. The van der Waals surface area contributed by atoms with Gasteiger partial charge in [0.2, 0.25) is 11.8 Å². The summed E-state index contributed by atoms with van der Waals surface area (Å²) in [6.07, 6.45) is 8.11. The van der Waals surface area contributed by atoms with Crippen LogP contribution in [0.2, 0.25) is 5.02 Å². The molecule has 0 aliphatic carbocycles. The lowest BCUT2D eigenvalue weighted by Crippen LogP contribution is -2.38. The minimum atomic E-state index is -1.19. The largest absolute Gasteiger partial charge is 0.465 e. The zero-order chi connectivity index (χ0) is 27.5. The van der Waals surface area contributed by atoms with Crippen LogP contribution in [0.15, 0.2) is 61.1 Å². The van der Waals surface area contributed by atoms with Crippen molar-refractivity contribution >= 4 is 46.5 Å². The number of pyridine rings is 2. The Morgan fingerprint density at radius 1 is 1.13 bits per heavy atom. The van der Waals surface area contributed by atoms with E-state index < -0.39 is 6.09 Å². The second kappa shape index (κ2) is 11.2. The van der Waals surface area contributed by atoms with Crippen molar-refractivity contribution in [2.24, 2.45) is 5.92 Å². The van der Waals surface area contributed by atoms with Gasteiger partial charge in [0, 0.05) is 48.4 Å². The predicted octanol–water partition coefficient (Wildman–Crippen LogP) is 6.00. The molecule has 200 valence electrons. The van der Waals surface area contributed by atoms with Crippen molar-refractivity contribution in [3.05, 3.63) is 77.3 Å². The average molecular weight is 546 g/mol. The van der Waals surface area contributed by atoms with Gasteiger partial charge in [-0.2, -0.15) is 0 Å². The van der Waals surface area contributed by atoms with Crippen LogP contribution < -0.4 is 10.6 Å². The number of fused-ring (bicyclic) bond motifs is 4. The molecule has 2 aliphatic rings. The van der Waals surface area contributed by atoms with E-state index in [4.69, 9.17) is 16.7 Å². The SMILES string of the molecule is C[C@@H]1CCC[C@H](N2CCC(c3cncc(Cl)c3)=CC2=O)c2cc(ccn2)-c2ccc(NC(=O)O)cc2NC1=O. The van der Waals surface area contributed by atoms with E-state index in [-0.39, 0.29) is 23.8 Å². The first-order valence-corrected chi connectivity index (χ1v) is 13.2. The lowest BCUT2D eigenvalue weighted by Gasteiger charge is -2.34. The number of amides is 3. The molecule has 2 atom stereocenters. The fourth-order valence-corrected chi connectivity index (χ4v) is 5.32. The van der Waals surface area contributed by atoms with E-state index in [1.165, 1.54) is 0 Å². The van der Waals surface area contributed by atoms with Crippen molar-refractivity contribution in [1.82, 2.24) is 14.9 Å². The maximum absolute atomic E-state index is 13.4. The molecular weight excluding hydrogens is 518 g/mol. The lowest BCUT2D eigenvalue weighted by atomic mass is 9.93. The molecule has 0 saturated heterocycles. The molecule has 39 heavy (non-hydrogen) atoms. The fourth-order valence-electron chi connectivity index (χ4n) is 5.15. The van der Waals surface area contributed by atoms with Gasteiger partial charge in [0.25, 0.3) is 0 Å². The van der Waals surface area contributed by atoms with Gasteiger partial charge < -0.3 is 15.3 Å². The molecule has 3 N–H and O–H groups in total. The molecule has 0 spiro atoms. The van der Waals surface area contributed by atoms with Crippen LogP contribution in [0.5, 0.6) is 0 Å². The van der Waals surface area contributed by atoms with Crippen LogP contribution in [0.3, 0.4) is 0 Å². The van der Waals surface area contributed by atoms with Gasteiger partial charge in [-0.3, -0.25) is 24.9 Å². The molecule has 2 aliphatic heterocycles. The molecule has 0 radical (unpaired) electrons. The Bertz CT molecular complexity index is 1470. The Morgan fingerprint density at radius 3 is 2.74 bits per heavy atom. The first-order valence-electron chi connectivity index (χ1n) is 12.8. The number of aromatic nitrogens is 2. The van der Waals surface area contributed by atoms with Crippen molar-refractivity contribution in [3.63, 3.8) is 0 Å². The van der Waals surface area contributed by atoms with Crippen LogP contribution in [0.4, 0.5) is 16.2 Å². The highest BCUT2D eigenvalue weighted by Gasteiger charge is 2.30. The molecule has 1 aromatic carbocycles. The van der Waals surface area contributed by atoms with Crippen molar-refractivity contribution in [1.29, 1.82) is 0 Å². The van der Waals surface area contributed by atoms with E-state index in [0.29, 0.717) is 42.2 Å². The summed E-state index contributed by atoms with van der Waals surface area (Å²) >= 11 is 6.11. The zero-order valence-electron chi connectivity index (χ0n) is 21.4. The van der Waals surface area contributed by atoms with Gasteiger partial charge in [0.1, 0.15) is 0 Å². The third-order valence-electron chi connectivity index (χ3n) is 7.18. The van der Waals surface area contributed by atoms with E-state index in [9.17, 15) is 14.4 Å². The molecule has 0 fully saturated rings. The maximum Gasteiger partial charge on any atom is 0.409 e. The second-order valence-electron chi connectivity index (χ2n) is 9.84. The monoisotopic (exact) mass is 545 g/mol. The Morgan fingerprint density at radius 2 is 1.97 bits per heavy atom. The van der Waals surface area contributed by atoms with Crippen LogP contribution in [0, 0.1) is 5.92 Å². The van der Waals surface area contributed by atoms with Gasteiger partial charge in [-0.05, 0) is 66.3 Å². The molecule has 10 heteroatoms. The number of carbonyl (C=O) groups excluding carboxylic acids is 2. The molecule has 0 unspecified atom stereocenters. The van der Waals surface area contributed by atoms with E-state index >= 15 is 0 Å². The third-order valence-corrected chi connectivity index (χ3v) is 7.39. The van der Waals surface area contributed by atoms with Crippen molar-refractivity contribution in [3.8, 4) is 11.1 Å². The fraction of sp³-hybridized carbons (Fsp3) is 0.276. The number of nitrogens with one attached hydrogen (secondary N) is 2. The first kappa shape index (κ1) is 26.4. The quantitative estimate of drug-likeness (QED) is 0.370. The highest BCUT2D eigenvalue weighted by Crippen LogP contribution is 2.37. The summed E-state index contributed by atoms with van der Waals surface area (Å²) in [4.78, 5) is 48.3. The van der Waals surface area contributed by atoms with Crippen LogP contribution in [0.1, 0.15) is 49.9 Å². The summed E-state index contributed by atoms with van der Waals surface area (Å²) in [5.41, 5.74) is 4.89. The number of carboxylic acid groups (broad SMARTS) is 1. The number of halogens is 1. The van der Waals surface area contributed by atoms with Gasteiger partial charge in [-0.1, -0.05) is 31.0 Å². The molecule has 3 amide bonds. The van der Waals surface area contributed by atoms with Crippen LogP contribution in [-0.2, 0) is 9.59 Å². The number of rotatable bonds is 3. The van der Waals surface area contributed by atoms with E-state index in [1.54, 1.807) is 42.9 Å². The standard InChI is InChI=1S/C29H28ClN5O4/c1-17-3-2-4-26(35-10-8-18(13-27(35)36)20-11-21(30)16-31-15-20)25-12-19(7-9-32-25)23-6-5-22(33-29(38)39)14-24(23)34-28(17)37/h5-7,9,11-17,26,33H,2-4,8,10H2,1H3,(H,34,37)(H,38,39)/t17-,26+/m1/s1. The van der Waals surface area contributed by atoms with Gasteiger partial charge in [-0.15, -0.1) is 0 Å². The number of hydrogen-bond donors (Lipinski definition) is 3. The second-order valence-corrected chi connectivity index (χ2v) is 10.3. The topological polar surface area (TPSA) is 125 Å². The zero-order valence-corrected chi connectivity index (χ0v) is 22.1. The summed E-state index contributed by atoms with van der Waals surface area (Å²) in [6, 6.07) is 10.4. The molecule has 5 rings (SSSR count). The van der Waals surface area contributed by atoms with E-state index in [2.05, 4.69) is 20.6 Å². The highest BCUT2D eigenvalue weighted by molar-refractivity contribution is 6.30. The van der Waals surface area contributed by atoms with E-state index in [0.717, 1.165) is 34.4 Å². The molecule has 3 aromatic rings. The first-order chi connectivity index (χ1) is 18.8. The highest BCUT2D eigenvalue weighted by atomic mass is 35.5. The molecular formula is C29H28ClN5O4. The minimum absolute atomic E-state index is 0.101. The number of anilines is 2. The Labute approximate surface area is 230 Å². The van der Waals surface area contributed by atoms with E-state index in [1.807, 2.05) is 30.0 Å². The van der Waals surface area contributed by atoms with Crippen LogP contribution >= 0.6 is 11.6 Å². The molecule has 2 aromatic heterocycles. The predicted molar refractivity (Wildman–Crippen MR) is 149 cm³/mol. The molecule has 4 heterocycles. The minimum Gasteiger partial charge on any atom is -0.465 e. The lowest BCUT2D eigenvalue weighted by molar-refractivity contribution is -0.129. The smallest absolute Gasteiger partial charge is 0.409 e. The van der Waals surface area contributed by atoms with Gasteiger partial charge in [-0.25, -0.2) is 4.79 Å². The summed E-state index contributed by atoms with van der Waals surface area (Å²) in [5.74, 6) is -0.526. The van der Waals surface area contributed by atoms with Gasteiger partial charge in [0.05, 0.1) is 22.4 Å². The average Bonchev–Trinajstić information content (AvgIpc) is 2.91. The Kier molecular flexibility index (Phi) is 7.60. The molecule has 9 nitrogen and oxygen atoms in total. The van der Waals surface area contributed by atoms with Crippen molar-refractivity contribution in [2.45, 2.75) is 38.6 Å². The number of benzene rings is 1. The Hall–Kier alpha value is -4.24. The number of hydrogen-bond acceptors (Lipinski definition) is 5. The Balaban J connectivity index is 1.52. The van der Waals surface area contributed by atoms with Crippen molar-refractivity contribution in [2.75, 3.05) is 17.2 Å².